The van der Waals surface area contributed by atoms with Gasteiger partial charge in [-0.15, -0.1) is 0 Å². The minimum Gasteiger partial charge on any atom is -0.385 e. The molecule has 1 aromatic carbocycles. The highest BCUT2D eigenvalue weighted by atomic mass is 19.1. The fourth-order valence-corrected chi connectivity index (χ4v) is 3.27. The van der Waals surface area contributed by atoms with E-state index in [0.717, 1.165) is 44.1 Å². The van der Waals surface area contributed by atoms with Crippen molar-refractivity contribution in [2.75, 3.05) is 6.61 Å². The summed E-state index contributed by atoms with van der Waals surface area (Å²) in [5, 5.41) is 10.8. The second kappa shape index (κ2) is 6.68. The van der Waals surface area contributed by atoms with Crippen molar-refractivity contribution < 1.29 is 14.2 Å². The number of aryl methyl sites for hydroxylation is 1. The van der Waals surface area contributed by atoms with Gasteiger partial charge in [0.2, 0.25) is 0 Å². The van der Waals surface area contributed by atoms with Crippen molar-refractivity contribution in [1.29, 1.82) is 0 Å². The van der Waals surface area contributed by atoms with Crippen molar-refractivity contribution in [3.8, 4) is 0 Å². The Balaban J connectivity index is 2.34. The summed E-state index contributed by atoms with van der Waals surface area (Å²) in [6, 6.07) is 4.90. The van der Waals surface area contributed by atoms with Crippen molar-refractivity contribution in [2.45, 2.75) is 64.1 Å². The summed E-state index contributed by atoms with van der Waals surface area (Å²) >= 11 is 0. The number of aliphatic hydroxyl groups excluding tert-OH is 1. The molecule has 1 aliphatic carbocycles. The third kappa shape index (κ3) is 3.21. The van der Waals surface area contributed by atoms with Crippen LogP contribution in [0.3, 0.4) is 0 Å². The maximum atomic E-state index is 14.1. The maximum Gasteiger partial charge on any atom is 0.129 e. The van der Waals surface area contributed by atoms with E-state index in [4.69, 9.17) is 4.74 Å². The lowest BCUT2D eigenvalue weighted by atomic mass is 9.83. The molecule has 1 atom stereocenters. The van der Waals surface area contributed by atoms with Crippen molar-refractivity contribution in [2.24, 2.45) is 0 Å². The first kappa shape index (κ1) is 15.5. The highest BCUT2D eigenvalue weighted by Gasteiger charge is 2.40. The van der Waals surface area contributed by atoms with E-state index < -0.39 is 11.7 Å². The van der Waals surface area contributed by atoms with Gasteiger partial charge in [-0.3, -0.25) is 0 Å². The number of hydrogen-bond acceptors (Lipinski definition) is 2. The van der Waals surface area contributed by atoms with Crippen molar-refractivity contribution in [3.05, 3.63) is 35.1 Å². The Bertz CT molecular complexity index is 437. The van der Waals surface area contributed by atoms with Crippen LogP contribution >= 0.6 is 0 Å². The molecule has 1 fully saturated rings. The largest absolute Gasteiger partial charge is 0.385 e. The van der Waals surface area contributed by atoms with Crippen LogP contribution in [-0.4, -0.2) is 17.3 Å². The van der Waals surface area contributed by atoms with Gasteiger partial charge in [0.15, 0.2) is 0 Å². The van der Waals surface area contributed by atoms with E-state index in [1.165, 1.54) is 6.07 Å². The highest BCUT2D eigenvalue weighted by Crippen LogP contribution is 2.41. The zero-order valence-corrected chi connectivity index (χ0v) is 12.5. The van der Waals surface area contributed by atoms with Crippen LogP contribution in [0.5, 0.6) is 0 Å². The summed E-state index contributed by atoms with van der Waals surface area (Å²) in [5.41, 5.74) is 0.709. The molecule has 112 valence electrons. The average Bonchev–Trinajstić information content (AvgIpc) is 2.68. The number of rotatable bonds is 4. The summed E-state index contributed by atoms with van der Waals surface area (Å²) in [5.74, 6) is -0.341. The number of aliphatic hydroxyl groups is 1. The number of hydrogen-bond donors (Lipinski definition) is 1. The molecular weight excluding hydrogens is 255 g/mol. The summed E-state index contributed by atoms with van der Waals surface area (Å²) in [6.07, 6.45) is 5.11. The Labute approximate surface area is 121 Å². The molecule has 1 saturated carbocycles. The van der Waals surface area contributed by atoms with Crippen molar-refractivity contribution in [3.63, 3.8) is 0 Å². The molecule has 0 radical (unpaired) electrons. The predicted molar refractivity (Wildman–Crippen MR) is 78.2 cm³/mol. The van der Waals surface area contributed by atoms with Crippen molar-refractivity contribution in [1.82, 2.24) is 0 Å². The quantitative estimate of drug-likeness (QED) is 0.833. The smallest absolute Gasteiger partial charge is 0.129 e. The van der Waals surface area contributed by atoms with Crippen molar-refractivity contribution >= 4 is 0 Å². The molecule has 0 aliphatic heterocycles. The first-order chi connectivity index (χ1) is 9.59. The van der Waals surface area contributed by atoms with Crippen LogP contribution in [0, 0.1) is 12.7 Å². The molecule has 3 heteroatoms. The standard InChI is InChI=1S/C17H25FO2/c1-3-20-17(10-6-4-5-7-11-17)16(19)14-12-13(2)8-9-15(14)18/h8-9,12,16,19H,3-7,10-11H2,1-2H3. The molecular formula is C17H25FO2. The lowest BCUT2D eigenvalue weighted by molar-refractivity contribution is -0.132. The van der Waals surface area contributed by atoms with Crippen LogP contribution in [0.1, 0.15) is 62.7 Å². The molecule has 1 aliphatic rings. The van der Waals surface area contributed by atoms with Gasteiger partial charge in [-0.2, -0.15) is 0 Å². The van der Waals surface area contributed by atoms with Gasteiger partial charge in [0.1, 0.15) is 11.9 Å². The average molecular weight is 280 g/mol. The molecule has 2 rings (SSSR count). The third-order valence-corrected chi connectivity index (χ3v) is 4.33. The van der Waals surface area contributed by atoms with Gasteiger partial charge >= 0.3 is 0 Å². The monoisotopic (exact) mass is 280 g/mol. The Morgan fingerprint density at radius 2 is 1.90 bits per heavy atom. The van der Waals surface area contributed by atoms with Crippen LogP contribution in [0.15, 0.2) is 18.2 Å². The van der Waals surface area contributed by atoms with Gasteiger partial charge in [0.05, 0.1) is 5.60 Å². The molecule has 1 N–H and O–H groups in total. The summed E-state index contributed by atoms with van der Waals surface area (Å²) < 4.78 is 20.0. The molecule has 0 saturated heterocycles. The molecule has 0 bridgehead atoms. The fraction of sp³-hybridized carbons (Fsp3) is 0.647. The second-order valence-corrected chi connectivity index (χ2v) is 5.84. The van der Waals surface area contributed by atoms with Gasteiger partial charge in [-0.1, -0.05) is 43.4 Å². The number of halogens is 1. The van der Waals surface area contributed by atoms with E-state index >= 15 is 0 Å². The van der Waals surface area contributed by atoms with E-state index in [9.17, 15) is 9.50 Å². The maximum absolute atomic E-state index is 14.1. The van der Waals surface area contributed by atoms with Gasteiger partial charge in [-0.25, -0.2) is 4.39 Å². The first-order valence-corrected chi connectivity index (χ1v) is 7.67. The van der Waals surface area contributed by atoms with Gasteiger partial charge < -0.3 is 9.84 Å². The number of ether oxygens (including phenoxy) is 1. The van der Waals surface area contributed by atoms with Crippen LogP contribution in [-0.2, 0) is 4.74 Å². The lowest BCUT2D eigenvalue weighted by Crippen LogP contribution is -2.39. The van der Waals surface area contributed by atoms with Crippen LogP contribution in [0.4, 0.5) is 4.39 Å². The Hall–Kier alpha value is -0.930. The molecule has 0 aromatic heterocycles. The molecule has 0 amide bonds. The van der Waals surface area contributed by atoms with Gasteiger partial charge in [-0.05, 0) is 32.8 Å². The van der Waals surface area contributed by atoms with Crippen LogP contribution in [0.25, 0.3) is 0 Å². The minimum atomic E-state index is -0.888. The van der Waals surface area contributed by atoms with Crippen LogP contribution in [0.2, 0.25) is 0 Å². The molecule has 1 unspecified atom stereocenters. The lowest BCUT2D eigenvalue weighted by Gasteiger charge is -2.37. The van der Waals surface area contributed by atoms with Gasteiger partial charge in [0, 0.05) is 12.2 Å². The summed E-state index contributed by atoms with van der Waals surface area (Å²) in [7, 11) is 0. The third-order valence-electron chi connectivity index (χ3n) is 4.33. The topological polar surface area (TPSA) is 29.5 Å². The molecule has 1 aromatic rings. The molecule has 20 heavy (non-hydrogen) atoms. The highest BCUT2D eigenvalue weighted by molar-refractivity contribution is 5.28. The van der Waals surface area contributed by atoms with E-state index in [-0.39, 0.29) is 5.82 Å². The zero-order chi connectivity index (χ0) is 14.6. The minimum absolute atomic E-state index is 0.341. The van der Waals surface area contributed by atoms with Crippen LogP contribution < -0.4 is 0 Å². The molecule has 0 heterocycles. The normalized spacial score (nSPS) is 20.4. The summed E-state index contributed by atoms with van der Waals surface area (Å²) in [6.45, 7) is 4.40. The zero-order valence-electron chi connectivity index (χ0n) is 12.5. The molecule has 0 spiro atoms. The van der Waals surface area contributed by atoms with E-state index in [1.54, 1.807) is 12.1 Å². The fourth-order valence-electron chi connectivity index (χ4n) is 3.27. The number of benzene rings is 1. The second-order valence-electron chi connectivity index (χ2n) is 5.84. The Morgan fingerprint density at radius 3 is 2.50 bits per heavy atom. The molecule has 2 nitrogen and oxygen atoms in total. The summed E-state index contributed by atoms with van der Waals surface area (Å²) in [4.78, 5) is 0. The van der Waals surface area contributed by atoms with E-state index in [0.29, 0.717) is 12.2 Å². The first-order valence-electron chi connectivity index (χ1n) is 7.67. The predicted octanol–water partition coefficient (Wildman–Crippen LogP) is 4.30. The van der Waals surface area contributed by atoms with E-state index in [1.807, 2.05) is 13.8 Å². The van der Waals surface area contributed by atoms with Gasteiger partial charge in [0.25, 0.3) is 0 Å². The Morgan fingerprint density at radius 1 is 1.25 bits per heavy atom. The van der Waals surface area contributed by atoms with E-state index in [2.05, 4.69) is 0 Å². The SMILES string of the molecule is CCOC1(C(O)c2cc(C)ccc2F)CCCCCC1. The Kier molecular flexibility index (Phi) is 5.17.